The largest absolute Gasteiger partial charge is 0.352 e. The first kappa shape index (κ1) is 15.0. The van der Waals surface area contributed by atoms with Gasteiger partial charge in [0, 0.05) is 17.8 Å². The summed E-state index contributed by atoms with van der Waals surface area (Å²) in [4.78, 5) is 26.9. The lowest BCUT2D eigenvalue weighted by Gasteiger charge is -2.10. The van der Waals surface area contributed by atoms with Crippen molar-refractivity contribution >= 4 is 5.91 Å². The van der Waals surface area contributed by atoms with Crippen molar-refractivity contribution in [2.45, 2.75) is 20.8 Å². The third-order valence-corrected chi connectivity index (χ3v) is 3.24. The fraction of sp³-hybridized carbons (Fsp3) is 0.294. The summed E-state index contributed by atoms with van der Waals surface area (Å²) in [5.74, 6) is 0.00852. The molecule has 1 aromatic heterocycles. The van der Waals surface area contributed by atoms with Crippen LogP contribution in [0.15, 0.2) is 41.2 Å². The van der Waals surface area contributed by atoms with Crippen LogP contribution >= 0.6 is 0 Å². The maximum atomic E-state index is 12.1. The van der Waals surface area contributed by atoms with Gasteiger partial charge in [-0.3, -0.25) is 9.59 Å². The van der Waals surface area contributed by atoms with Crippen molar-refractivity contribution in [1.29, 1.82) is 0 Å². The molecule has 0 atom stereocenters. The van der Waals surface area contributed by atoms with Crippen molar-refractivity contribution in [3.63, 3.8) is 0 Å². The Labute approximate surface area is 124 Å². The SMILES string of the molecule is Cc1[nH]c(=O)c(C(=O)NCC(C)C)cc1-c1ccccc1. The molecule has 0 aliphatic rings. The molecular formula is C17H20N2O2. The molecule has 1 heterocycles. The van der Waals surface area contributed by atoms with E-state index < -0.39 is 0 Å². The van der Waals surface area contributed by atoms with Gasteiger partial charge in [-0.1, -0.05) is 44.2 Å². The number of hydrogen-bond acceptors (Lipinski definition) is 2. The molecular weight excluding hydrogens is 264 g/mol. The summed E-state index contributed by atoms with van der Waals surface area (Å²) in [5.41, 5.74) is 2.40. The van der Waals surface area contributed by atoms with Crippen molar-refractivity contribution < 1.29 is 4.79 Å². The fourth-order valence-electron chi connectivity index (χ4n) is 2.10. The normalized spacial score (nSPS) is 10.7. The Bertz CT molecular complexity index is 688. The predicted octanol–water partition coefficient (Wildman–Crippen LogP) is 2.74. The molecule has 0 unspecified atom stereocenters. The summed E-state index contributed by atoms with van der Waals surface area (Å²) in [7, 11) is 0. The highest BCUT2D eigenvalue weighted by molar-refractivity contribution is 5.95. The number of hydrogen-bond donors (Lipinski definition) is 2. The number of amides is 1. The summed E-state index contributed by atoms with van der Waals surface area (Å²) < 4.78 is 0. The molecule has 4 nitrogen and oxygen atoms in total. The van der Waals surface area contributed by atoms with Gasteiger partial charge >= 0.3 is 0 Å². The van der Waals surface area contributed by atoms with E-state index in [0.717, 1.165) is 16.8 Å². The molecule has 1 amide bonds. The van der Waals surface area contributed by atoms with Gasteiger partial charge in [-0.15, -0.1) is 0 Å². The van der Waals surface area contributed by atoms with E-state index in [9.17, 15) is 9.59 Å². The van der Waals surface area contributed by atoms with Crippen molar-refractivity contribution in [2.75, 3.05) is 6.54 Å². The van der Waals surface area contributed by atoms with E-state index in [1.54, 1.807) is 6.07 Å². The van der Waals surface area contributed by atoms with Crippen LogP contribution in [0.25, 0.3) is 11.1 Å². The third kappa shape index (κ3) is 3.60. The van der Waals surface area contributed by atoms with Gasteiger partial charge < -0.3 is 10.3 Å². The highest BCUT2D eigenvalue weighted by atomic mass is 16.2. The summed E-state index contributed by atoms with van der Waals surface area (Å²) in [5, 5.41) is 2.78. The molecule has 4 heteroatoms. The second kappa shape index (κ2) is 6.39. The molecule has 0 radical (unpaired) electrons. The minimum atomic E-state index is -0.353. The third-order valence-electron chi connectivity index (χ3n) is 3.24. The first-order valence-corrected chi connectivity index (χ1v) is 7.06. The molecule has 0 saturated heterocycles. The number of aromatic amines is 1. The molecule has 2 N–H and O–H groups in total. The van der Waals surface area contributed by atoms with Crippen LogP contribution in [-0.4, -0.2) is 17.4 Å². The number of carbonyl (C=O) groups is 1. The quantitative estimate of drug-likeness (QED) is 0.906. The average molecular weight is 284 g/mol. The number of aromatic nitrogens is 1. The van der Waals surface area contributed by atoms with E-state index in [0.29, 0.717) is 12.5 Å². The topological polar surface area (TPSA) is 62.0 Å². The monoisotopic (exact) mass is 284 g/mol. The number of aryl methyl sites for hydroxylation is 1. The van der Waals surface area contributed by atoms with Gasteiger partial charge in [-0.2, -0.15) is 0 Å². The van der Waals surface area contributed by atoms with E-state index in [2.05, 4.69) is 10.3 Å². The maximum absolute atomic E-state index is 12.1. The number of pyridine rings is 1. The van der Waals surface area contributed by atoms with Crippen molar-refractivity contribution in [1.82, 2.24) is 10.3 Å². The average Bonchev–Trinajstić information content (AvgIpc) is 2.46. The number of benzene rings is 1. The van der Waals surface area contributed by atoms with Crippen LogP contribution in [0.5, 0.6) is 0 Å². The van der Waals surface area contributed by atoms with Gasteiger partial charge in [-0.05, 0) is 24.5 Å². The molecule has 2 aromatic rings. The molecule has 0 aliphatic heterocycles. The Balaban J connectivity index is 2.40. The van der Waals surface area contributed by atoms with Crippen LogP contribution in [0, 0.1) is 12.8 Å². The Hall–Kier alpha value is -2.36. The molecule has 2 rings (SSSR count). The molecule has 0 bridgehead atoms. The Morgan fingerprint density at radius 2 is 1.90 bits per heavy atom. The lowest BCUT2D eigenvalue weighted by Crippen LogP contribution is -2.32. The highest BCUT2D eigenvalue weighted by Crippen LogP contribution is 2.21. The molecule has 0 spiro atoms. The van der Waals surface area contributed by atoms with Crippen LogP contribution in [-0.2, 0) is 0 Å². The highest BCUT2D eigenvalue weighted by Gasteiger charge is 2.14. The van der Waals surface area contributed by atoms with Crippen molar-refractivity contribution in [3.8, 4) is 11.1 Å². The number of H-pyrrole nitrogens is 1. The van der Waals surface area contributed by atoms with Gasteiger partial charge in [0.2, 0.25) is 0 Å². The van der Waals surface area contributed by atoms with Crippen LogP contribution in [0.4, 0.5) is 0 Å². The lowest BCUT2D eigenvalue weighted by molar-refractivity contribution is 0.0947. The fourth-order valence-corrected chi connectivity index (χ4v) is 2.10. The van der Waals surface area contributed by atoms with E-state index in [-0.39, 0.29) is 17.0 Å². The van der Waals surface area contributed by atoms with Gasteiger partial charge in [0.25, 0.3) is 11.5 Å². The zero-order valence-corrected chi connectivity index (χ0v) is 12.6. The second-order valence-corrected chi connectivity index (χ2v) is 5.52. The van der Waals surface area contributed by atoms with Gasteiger partial charge in [0.1, 0.15) is 5.56 Å². The maximum Gasteiger partial charge on any atom is 0.261 e. The standard InChI is InChI=1S/C17H20N2O2/c1-11(2)10-18-16(20)15-9-14(12(3)19-17(15)21)13-7-5-4-6-8-13/h4-9,11H,10H2,1-3H3,(H,18,20)(H,19,21). The van der Waals surface area contributed by atoms with Crippen LogP contribution in [0.1, 0.15) is 29.9 Å². The molecule has 1 aromatic carbocycles. The first-order valence-electron chi connectivity index (χ1n) is 7.06. The zero-order valence-electron chi connectivity index (χ0n) is 12.6. The van der Waals surface area contributed by atoms with E-state index >= 15 is 0 Å². The van der Waals surface area contributed by atoms with Crippen molar-refractivity contribution in [2.24, 2.45) is 5.92 Å². The van der Waals surface area contributed by atoms with Crippen LogP contribution in [0.2, 0.25) is 0 Å². The molecule has 110 valence electrons. The van der Waals surface area contributed by atoms with Crippen LogP contribution in [0.3, 0.4) is 0 Å². The van der Waals surface area contributed by atoms with Gasteiger partial charge in [-0.25, -0.2) is 0 Å². The Kier molecular flexibility index (Phi) is 4.58. The minimum Gasteiger partial charge on any atom is -0.352 e. The number of carbonyl (C=O) groups excluding carboxylic acids is 1. The molecule has 0 saturated carbocycles. The van der Waals surface area contributed by atoms with E-state index in [1.165, 1.54) is 0 Å². The summed E-state index contributed by atoms with van der Waals surface area (Å²) in [6, 6.07) is 11.4. The molecule has 21 heavy (non-hydrogen) atoms. The van der Waals surface area contributed by atoms with Crippen LogP contribution < -0.4 is 10.9 Å². The Morgan fingerprint density at radius 1 is 1.24 bits per heavy atom. The zero-order chi connectivity index (χ0) is 15.4. The Morgan fingerprint density at radius 3 is 2.52 bits per heavy atom. The van der Waals surface area contributed by atoms with Gasteiger partial charge in [0.15, 0.2) is 0 Å². The lowest BCUT2D eigenvalue weighted by atomic mass is 10.0. The summed E-state index contributed by atoms with van der Waals surface area (Å²) in [6.07, 6.45) is 0. The van der Waals surface area contributed by atoms with Gasteiger partial charge in [0.05, 0.1) is 0 Å². The second-order valence-electron chi connectivity index (χ2n) is 5.52. The molecule has 0 aliphatic carbocycles. The first-order chi connectivity index (χ1) is 9.99. The number of nitrogens with one attached hydrogen (secondary N) is 2. The smallest absolute Gasteiger partial charge is 0.261 e. The van der Waals surface area contributed by atoms with E-state index in [4.69, 9.17) is 0 Å². The van der Waals surface area contributed by atoms with E-state index in [1.807, 2.05) is 51.1 Å². The summed E-state index contributed by atoms with van der Waals surface area (Å²) in [6.45, 7) is 6.40. The predicted molar refractivity (Wildman–Crippen MR) is 84.4 cm³/mol. The summed E-state index contributed by atoms with van der Waals surface area (Å²) >= 11 is 0. The number of rotatable bonds is 4. The molecule has 0 fully saturated rings. The van der Waals surface area contributed by atoms with Crippen molar-refractivity contribution in [3.05, 3.63) is 58.0 Å². The minimum absolute atomic E-state index is 0.153.